The molecule has 1 heterocycles. The van der Waals surface area contributed by atoms with Crippen molar-refractivity contribution in [1.29, 1.82) is 0 Å². The molecule has 5 heteroatoms. The molecule has 0 amide bonds. The van der Waals surface area contributed by atoms with Crippen LogP contribution in [-0.2, 0) is 0 Å². The Labute approximate surface area is 99.7 Å². The average Bonchev–Trinajstić information content (AvgIpc) is 2.24. The molecule has 0 atom stereocenters. The number of pyridine rings is 1. The summed E-state index contributed by atoms with van der Waals surface area (Å²) >= 11 is 1.75. The molecule has 0 saturated carbocycles. The molecule has 0 aliphatic carbocycles. The third kappa shape index (κ3) is 3.41. The molecule has 1 rings (SSSR count). The highest BCUT2D eigenvalue weighted by Gasteiger charge is 2.09. The van der Waals surface area contributed by atoms with Gasteiger partial charge in [-0.1, -0.05) is 0 Å². The van der Waals surface area contributed by atoms with Crippen molar-refractivity contribution >= 4 is 23.5 Å². The van der Waals surface area contributed by atoms with Gasteiger partial charge in [-0.2, -0.15) is 11.8 Å². The van der Waals surface area contributed by atoms with Gasteiger partial charge in [0.15, 0.2) is 0 Å². The first kappa shape index (κ1) is 12.8. The molecule has 0 fully saturated rings. The predicted octanol–water partition coefficient (Wildman–Crippen LogP) is 1.89. The summed E-state index contributed by atoms with van der Waals surface area (Å²) in [6, 6.07) is 3.18. The first-order chi connectivity index (χ1) is 7.54. The van der Waals surface area contributed by atoms with Gasteiger partial charge in [0.05, 0.1) is 5.56 Å². The van der Waals surface area contributed by atoms with E-state index in [1.54, 1.807) is 30.8 Å². The molecule has 0 aliphatic rings. The first-order valence-corrected chi connectivity index (χ1v) is 6.36. The number of hydrogen-bond donors (Lipinski definition) is 1. The minimum absolute atomic E-state index is 0.290. The molecule has 1 N–H and O–H groups in total. The number of hydrogen-bond acceptors (Lipinski definition) is 4. The average molecular weight is 240 g/mol. The fourth-order valence-corrected chi connectivity index (χ4v) is 1.77. The first-order valence-electron chi connectivity index (χ1n) is 4.96. The van der Waals surface area contributed by atoms with E-state index in [0.717, 1.165) is 18.0 Å². The molecule has 1 aromatic heterocycles. The van der Waals surface area contributed by atoms with E-state index in [1.165, 1.54) is 0 Å². The van der Waals surface area contributed by atoms with Gasteiger partial charge in [-0.05, 0) is 25.3 Å². The van der Waals surface area contributed by atoms with Gasteiger partial charge in [0.2, 0.25) is 0 Å². The van der Waals surface area contributed by atoms with E-state index >= 15 is 0 Å². The van der Waals surface area contributed by atoms with Gasteiger partial charge in [-0.3, -0.25) is 0 Å². The Hall–Kier alpha value is -1.23. The van der Waals surface area contributed by atoms with Gasteiger partial charge in [-0.25, -0.2) is 9.78 Å². The van der Waals surface area contributed by atoms with E-state index in [0.29, 0.717) is 11.4 Å². The summed E-state index contributed by atoms with van der Waals surface area (Å²) in [7, 11) is 1.92. The molecule has 0 aromatic carbocycles. The third-order valence-corrected chi connectivity index (χ3v) is 2.80. The van der Waals surface area contributed by atoms with Crippen LogP contribution >= 0.6 is 11.8 Å². The second-order valence-corrected chi connectivity index (χ2v) is 4.56. The molecule has 4 nitrogen and oxygen atoms in total. The van der Waals surface area contributed by atoms with E-state index in [2.05, 4.69) is 4.98 Å². The highest BCUT2D eigenvalue weighted by atomic mass is 32.2. The maximum Gasteiger partial charge on any atom is 0.335 e. The number of aromatic nitrogens is 1. The number of carbonyl (C=O) groups is 1. The summed E-state index contributed by atoms with van der Waals surface area (Å²) in [5.74, 6) is 0.797. The van der Waals surface area contributed by atoms with Crippen LogP contribution in [0.4, 0.5) is 5.82 Å². The van der Waals surface area contributed by atoms with Gasteiger partial charge in [-0.15, -0.1) is 0 Å². The molecule has 0 aliphatic heterocycles. The van der Waals surface area contributed by atoms with Crippen LogP contribution in [0.2, 0.25) is 0 Å². The Bertz CT molecular complexity index is 382. The zero-order valence-corrected chi connectivity index (χ0v) is 10.5. The van der Waals surface area contributed by atoms with Crippen LogP contribution < -0.4 is 4.90 Å². The standard InChI is InChI=1S/C11H16N2O2S/c1-8-6-9(11(14)15)7-10(12-8)13(2)4-5-16-3/h6-7H,4-5H2,1-3H3,(H,14,15). The molecule has 16 heavy (non-hydrogen) atoms. The van der Waals surface area contributed by atoms with E-state index in [-0.39, 0.29) is 0 Å². The van der Waals surface area contributed by atoms with Crippen molar-refractivity contribution in [2.24, 2.45) is 0 Å². The number of aromatic carboxylic acids is 1. The zero-order chi connectivity index (χ0) is 12.1. The summed E-state index contributed by atoms with van der Waals surface area (Å²) in [5.41, 5.74) is 1.02. The number of thioether (sulfide) groups is 1. The number of aryl methyl sites for hydroxylation is 1. The van der Waals surface area contributed by atoms with Crippen molar-refractivity contribution in [3.05, 3.63) is 23.4 Å². The lowest BCUT2D eigenvalue weighted by Gasteiger charge is -2.18. The van der Waals surface area contributed by atoms with Crippen LogP contribution in [0, 0.1) is 6.92 Å². The highest BCUT2D eigenvalue weighted by Crippen LogP contribution is 2.14. The molecule has 0 unspecified atom stereocenters. The third-order valence-electron chi connectivity index (χ3n) is 2.21. The fraction of sp³-hybridized carbons (Fsp3) is 0.455. The summed E-state index contributed by atoms with van der Waals surface area (Å²) in [4.78, 5) is 17.2. The van der Waals surface area contributed by atoms with E-state index < -0.39 is 5.97 Å². The molecule has 88 valence electrons. The van der Waals surface area contributed by atoms with Crippen molar-refractivity contribution in [1.82, 2.24) is 4.98 Å². The Morgan fingerprint density at radius 1 is 1.56 bits per heavy atom. The van der Waals surface area contributed by atoms with E-state index in [9.17, 15) is 4.79 Å². The number of nitrogens with zero attached hydrogens (tertiary/aromatic N) is 2. The van der Waals surface area contributed by atoms with Crippen LogP contribution in [0.25, 0.3) is 0 Å². The SMILES string of the molecule is CSCCN(C)c1cc(C(=O)O)cc(C)n1. The van der Waals surface area contributed by atoms with Crippen LogP contribution in [0.15, 0.2) is 12.1 Å². The number of carboxylic acids is 1. The van der Waals surface area contributed by atoms with Crippen molar-refractivity contribution in [3.8, 4) is 0 Å². The summed E-state index contributed by atoms with van der Waals surface area (Å²) < 4.78 is 0. The molecule has 0 bridgehead atoms. The van der Waals surface area contributed by atoms with Crippen LogP contribution in [-0.4, -0.2) is 41.7 Å². The molecular formula is C11H16N2O2S. The molecule has 0 spiro atoms. The van der Waals surface area contributed by atoms with Crippen LogP contribution in [0.1, 0.15) is 16.1 Å². The zero-order valence-electron chi connectivity index (χ0n) is 9.73. The molecule has 1 aromatic rings. The lowest BCUT2D eigenvalue weighted by molar-refractivity contribution is 0.0696. The van der Waals surface area contributed by atoms with Crippen LogP contribution in [0.3, 0.4) is 0 Å². The Balaban J connectivity index is 2.91. The second kappa shape index (κ2) is 5.75. The topological polar surface area (TPSA) is 53.4 Å². The van der Waals surface area contributed by atoms with Crippen molar-refractivity contribution in [2.75, 3.05) is 30.5 Å². The van der Waals surface area contributed by atoms with Gasteiger partial charge >= 0.3 is 5.97 Å². The van der Waals surface area contributed by atoms with Crippen molar-refractivity contribution < 1.29 is 9.90 Å². The number of anilines is 1. The van der Waals surface area contributed by atoms with Gasteiger partial charge < -0.3 is 10.0 Å². The van der Waals surface area contributed by atoms with Gasteiger partial charge in [0, 0.05) is 25.0 Å². The summed E-state index contributed by atoms with van der Waals surface area (Å²) in [6.45, 7) is 2.66. The number of rotatable bonds is 5. The minimum Gasteiger partial charge on any atom is -0.478 e. The van der Waals surface area contributed by atoms with Crippen LogP contribution in [0.5, 0.6) is 0 Å². The lowest BCUT2D eigenvalue weighted by atomic mass is 10.2. The fourth-order valence-electron chi connectivity index (χ4n) is 1.31. The van der Waals surface area contributed by atoms with Crippen molar-refractivity contribution in [2.45, 2.75) is 6.92 Å². The number of carboxylic acid groups (broad SMARTS) is 1. The van der Waals surface area contributed by atoms with Crippen molar-refractivity contribution in [3.63, 3.8) is 0 Å². The minimum atomic E-state index is -0.912. The normalized spacial score (nSPS) is 10.2. The van der Waals surface area contributed by atoms with E-state index in [1.807, 2.05) is 18.2 Å². The van der Waals surface area contributed by atoms with Gasteiger partial charge in [0.25, 0.3) is 0 Å². The van der Waals surface area contributed by atoms with Gasteiger partial charge in [0.1, 0.15) is 5.82 Å². The summed E-state index contributed by atoms with van der Waals surface area (Å²) in [5, 5.41) is 8.94. The smallest absolute Gasteiger partial charge is 0.335 e. The molecule has 0 saturated heterocycles. The highest BCUT2D eigenvalue weighted by molar-refractivity contribution is 7.98. The quantitative estimate of drug-likeness (QED) is 0.851. The molecular weight excluding hydrogens is 224 g/mol. The Kier molecular flexibility index (Phi) is 4.61. The molecule has 0 radical (unpaired) electrons. The van der Waals surface area contributed by atoms with E-state index in [4.69, 9.17) is 5.11 Å². The Morgan fingerprint density at radius 2 is 2.25 bits per heavy atom. The monoisotopic (exact) mass is 240 g/mol. The largest absolute Gasteiger partial charge is 0.478 e. The Morgan fingerprint density at radius 3 is 2.81 bits per heavy atom. The second-order valence-electron chi connectivity index (χ2n) is 3.57. The maximum atomic E-state index is 10.9. The summed E-state index contributed by atoms with van der Waals surface area (Å²) in [6.07, 6.45) is 2.04. The lowest BCUT2D eigenvalue weighted by Crippen LogP contribution is -2.22. The predicted molar refractivity (Wildman–Crippen MR) is 67.6 cm³/mol. The maximum absolute atomic E-state index is 10.9.